The number of nitrogens with one attached hydrogen (secondary N) is 1. The van der Waals surface area contributed by atoms with E-state index in [1.54, 1.807) is 12.3 Å². The summed E-state index contributed by atoms with van der Waals surface area (Å²) in [6.07, 6.45) is 1.70. The molecule has 5 nitrogen and oxygen atoms in total. The van der Waals surface area contributed by atoms with Crippen LogP contribution < -0.4 is 10.2 Å². The Morgan fingerprint density at radius 2 is 2.10 bits per heavy atom. The normalized spacial score (nSPS) is 13.3. The molecule has 1 amide bonds. The zero-order chi connectivity index (χ0) is 15.1. The summed E-state index contributed by atoms with van der Waals surface area (Å²) in [7, 11) is 0. The van der Waals surface area contributed by atoms with Gasteiger partial charge in [0, 0.05) is 12.7 Å². The first-order valence-electron chi connectivity index (χ1n) is 6.75. The quantitative estimate of drug-likeness (QED) is 0.876. The number of aryl methyl sites for hydroxylation is 1. The zero-order valence-electron chi connectivity index (χ0n) is 12.1. The third-order valence-corrected chi connectivity index (χ3v) is 4.17. The molecule has 0 fully saturated rings. The Kier molecular flexibility index (Phi) is 3.29. The van der Waals surface area contributed by atoms with Crippen LogP contribution in [0, 0.1) is 13.8 Å². The van der Waals surface area contributed by atoms with E-state index >= 15 is 0 Å². The molecule has 0 spiro atoms. The summed E-state index contributed by atoms with van der Waals surface area (Å²) in [5.41, 5.74) is 2.63. The second-order valence-electron chi connectivity index (χ2n) is 4.91. The molecule has 1 aliphatic rings. The molecule has 108 valence electrons. The van der Waals surface area contributed by atoms with Crippen molar-refractivity contribution in [2.24, 2.45) is 0 Å². The maximum atomic E-state index is 12.5. The SMILES string of the molecule is CCN1c2ncccc2NC(=O)c2c1nc(C)c(Cl)c2C. The summed E-state index contributed by atoms with van der Waals surface area (Å²) in [4.78, 5) is 23.4. The van der Waals surface area contributed by atoms with Crippen molar-refractivity contribution < 1.29 is 4.79 Å². The van der Waals surface area contributed by atoms with Gasteiger partial charge in [-0.25, -0.2) is 9.97 Å². The van der Waals surface area contributed by atoms with Crippen molar-refractivity contribution >= 4 is 34.8 Å². The lowest BCUT2D eigenvalue weighted by Gasteiger charge is -2.23. The highest BCUT2D eigenvalue weighted by Gasteiger charge is 2.29. The van der Waals surface area contributed by atoms with Gasteiger partial charge in [-0.2, -0.15) is 0 Å². The molecule has 1 aliphatic heterocycles. The molecule has 3 heterocycles. The molecular formula is C15H15ClN4O. The number of anilines is 3. The van der Waals surface area contributed by atoms with Crippen molar-refractivity contribution in [3.05, 3.63) is 40.2 Å². The van der Waals surface area contributed by atoms with Crippen molar-refractivity contribution in [1.29, 1.82) is 0 Å². The molecule has 0 bridgehead atoms. The summed E-state index contributed by atoms with van der Waals surface area (Å²) >= 11 is 6.26. The highest BCUT2D eigenvalue weighted by molar-refractivity contribution is 6.33. The molecule has 6 heteroatoms. The average molecular weight is 303 g/mol. The fourth-order valence-electron chi connectivity index (χ4n) is 2.57. The number of pyridine rings is 2. The highest BCUT2D eigenvalue weighted by Crippen LogP contribution is 2.38. The van der Waals surface area contributed by atoms with Gasteiger partial charge in [0.25, 0.3) is 5.91 Å². The monoisotopic (exact) mass is 302 g/mol. The van der Waals surface area contributed by atoms with E-state index in [4.69, 9.17) is 11.6 Å². The molecule has 0 saturated carbocycles. The number of halogens is 1. The number of carbonyl (C=O) groups excluding carboxylic acids is 1. The minimum Gasteiger partial charge on any atom is -0.319 e. The van der Waals surface area contributed by atoms with Crippen molar-refractivity contribution in [1.82, 2.24) is 9.97 Å². The Bertz CT molecular complexity index is 745. The van der Waals surface area contributed by atoms with Gasteiger partial charge in [-0.15, -0.1) is 0 Å². The number of amides is 1. The largest absolute Gasteiger partial charge is 0.319 e. The number of hydrogen-bond acceptors (Lipinski definition) is 4. The molecule has 0 atom stereocenters. The van der Waals surface area contributed by atoms with Crippen molar-refractivity contribution in [2.45, 2.75) is 20.8 Å². The van der Waals surface area contributed by atoms with Gasteiger partial charge in [-0.3, -0.25) is 4.79 Å². The summed E-state index contributed by atoms with van der Waals surface area (Å²) in [6.45, 7) is 6.33. The molecule has 2 aromatic rings. The fourth-order valence-corrected chi connectivity index (χ4v) is 2.71. The molecule has 3 rings (SSSR count). The van der Waals surface area contributed by atoms with Crippen molar-refractivity contribution in [3.8, 4) is 0 Å². The number of nitrogens with zero attached hydrogens (tertiary/aromatic N) is 3. The average Bonchev–Trinajstić information content (AvgIpc) is 2.58. The van der Waals surface area contributed by atoms with Crippen LogP contribution in [0.15, 0.2) is 18.3 Å². The van der Waals surface area contributed by atoms with Gasteiger partial charge >= 0.3 is 0 Å². The maximum Gasteiger partial charge on any atom is 0.259 e. The first kappa shape index (κ1) is 13.8. The molecule has 0 saturated heterocycles. The van der Waals surface area contributed by atoms with E-state index < -0.39 is 0 Å². The predicted octanol–water partition coefficient (Wildman–Crippen LogP) is 3.47. The van der Waals surface area contributed by atoms with Crippen LogP contribution in [0.4, 0.5) is 17.3 Å². The number of rotatable bonds is 1. The summed E-state index contributed by atoms with van der Waals surface area (Å²) in [5, 5.41) is 3.42. The molecule has 2 aromatic heterocycles. The van der Waals surface area contributed by atoms with Crippen LogP contribution in [0.5, 0.6) is 0 Å². The van der Waals surface area contributed by atoms with Crippen LogP contribution in [0.1, 0.15) is 28.5 Å². The molecule has 1 N–H and O–H groups in total. The number of aromatic nitrogens is 2. The molecule has 0 radical (unpaired) electrons. The Morgan fingerprint density at radius 3 is 2.81 bits per heavy atom. The molecule has 21 heavy (non-hydrogen) atoms. The lowest BCUT2D eigenvalue weighted by Crippen LogP contribution is -2.21. The van der Waals surface area contributed by atoms with Crippen molar-refractivity contribution in [2.75, 3.05) is 16.8 Å². The third-order valence-electron chi connectivity index (χ3n) is 3.61. The first-order valence-corrected chi connectivity index (χ1v) is 7.13. The molecular weight excluding hydrogens is 288 g/mol. The topological polar surface area (TPSA) is 58.1 Å². The van der Waals surface area contributed by atoms with E-state index in [-0.39, 0.29) is 5.91 Å². The molecule has 0 unspecified atom stereocenters. The Balaban J connectivity index is 2.35. The fraction of sp³-hybridized carbons (Fsp3) is 0.267. The molecule has 0 aliphatic carbocycles. The standard InChI is InChI=1S/C15H15ClN4O/c1-4-20-13-10(6-5-7-17-13)19-15(21)11-8(2)12(16)9(3)18-14(11)20/h5-7H,4H2,1-3H3,(H,19,21). The zero-order valence-corrected chi connectivity index (χ0v) is 12.8. The van der Waals surface area contributed by atoms with Crippen LogP contribution >= 0.6 is 11.6 Å². The van der Waals surface area contributed by atoms with Crippen LogP contribution in [-0.2, 0) is 0 Å². The van der Waals surface area contributed by atoms with Crippen LogP contribution in [-0.4, -0.2) is 22.4 Å². The number of fused-ring (bicyclic) bond motifs is 2. The maximum absolute atomic E-state index is 12.5. The summed E-state index contributed by atoms with van der Waals surface area (Å²) in [5.74, 6) is 1.09. The van der Waals surface area contributed by atoms with E-state index in [0.717, 1.165) is 5.56 Å². The minimum atomic E-state index is -0.206. The van der Waals surface area contributed by atoms with E-state index in [2.05, 4.69) is 15.3 Å². The van der Waals surface area contributed by atoms with E-state index in [9.17, 15) is 4.79 Å². The van der Waals surface area contributed by atoms with E-state index in [1.165, 1.54) is 0 Å². The minimum absolute atomic E-state index is 0.206. The Labute approximate surface area is 128 Å². The van der Waals surface area contributed by atoms with Gasteiger partial charge in [-0.1, -0.05) is 11.6 Å². The Morgan fingerprint density at radius 1 is 1.33 bits per heavy atom. The smallest absolute Gasteiger partial charge is 0.259 e. The lowest BCUT2D eigenvalue weighted by molar-refractivity contribution is 0.102. The lowest BCUT2D eigenvalue weighted by atomic mass is 10.1. The van der Waals surface area contributed by atoms with E-state index in [0.29, 0.717) is 40.1 Å². The van der Waals surface area contributed by atoms with Gasteiger partial charge < -0.3 is 10.2 Å². The second kappa shape index (κ2) is 5.00. The van der Waals surface area contributed by atoms with E-state index in [1.807, 2.05) is 31.7 Å². The summed E-state index contributed by atoms with van der Waals surface area (Å²) < 4.78 is 0. The van der Waals surface area contributed by atoms with Crippen LogP contribution in [0.25, 0.3) is 0 Å². The van der Waals surface area contributed by atoms with Crippen LogP contribution in [0.3, 0.4) is 0 Å². The van der Waals surface area contributed by atoms with Crippen molar-refractivity contribution in [3.63, 3.8) is 0 Å². The first-order chi connectivity index (χ1) is 10.0. The predicted molar refractivity (Wildman–Crippen MR) is 83.6 cm³/mol. The second-order valence-corrected chi connectivity index (χ2v) is 5.29. The number of carbonyl (C=O) groups is 1. The van der Waals surface area contributed by atoms with Gasteiger partial charge in [0.15, 0.2) is 5.82 Å². The van der Waals surface area contributed by atoms with Gasteiger partial charge in [0.1, 0.15) is 5.82 Å². The molecule has 0 aromatic carbocycles. The highest BCUT2D eigenvalue weighted by atomic mass is 35.5. The third kappa shape index (κ3) is 2.05. The van der Waals surface area contributed by atoms with Gasteiger partial charge in [0.2, 0.25) is 0 Å². The Hall–Kier alpha value is -2.14. The van der Waals surface area contributed by atoms with Crippen LogP contribution in [0.2, 0.25) is 5.02 Å². The van der Waals surface area contributed by atoms with Gasteiger partial charge in [0.05, 0.1) is 22.0 Å². The summed E-state index contributed by atoms with van der Waals surface area (Å²) in [6, 6.07) is 3.63. The van der Waals surface area contributed by atoms with Gasteiger partial charge in [-0.05, 0) is 38.5 Å². The number of hydrogen-bond donors (Lipinski definition) is 1.